The van der Waals surface area contributed by atoms with E-state index in [1.807, 2.05) is 0 Å². The van der Waals surface area contributed by atoms with Gasteiger partial charge in [0.05, 0.1) is 7.21 Å². The lowest BCUT2D eigenvalue weighted by atomic mass is 11.9. The van der Waals surface area contributed by atoms with Crippen molar-refractivity contribution >= 4 is 22.9 Å². The molecule has 1 heterocycles. The molecule has 1 rings (SSSR count). The lowest BCUT2D eigenvalue weighted by Crippen LogP contribution is -1.74. The molecule has 12 heavy (non-hydrogen) atoms. The first-order valence-electron chi connectivity index (χ1n) is 2.77. The summed E-state index contributed by atoms with van der Waals surface area (Å²) in [5, 5.41) is 0. The van der Waals surface area contributed by atoms with Crippen molar-refractivity contribution in [3.8, 4) is 0 Å². The maximum atomic E-state index is 12.5. The zero-order chi connectivity index (χ0) is 9.62. The van der Waals surface area contributed by atoms with E-state index >= 15 is 0 Å². The summed E-state index contributed by atoms with van der Waals surface area (Å²) in [5.74, 6) is 0. The van der Waals surface area contributed by atoms with Gasteiger partial charge in [0.15, 0.2) is 0 Å². The van der Waals surface area contributed by atoms with Crippen LogP contribution in [0.2, 0.25) is 0 Å². The van der Waals surface area contributed by atoms with E-state index in [-0.39, 0.29) is 0 Å². The molecule has 0 N–H and O–H groups in total. The van der Waals surface area contributed by atoms with Gasteiger partial charge in [-0.2, -0.15) is 9.03 Å². The van der Waals surface area contributed by atoms with Gasteiger partial charge in [-0.25, -0.2) is 0 Å². The number of nitrogens with zero attached hydrogens (tertiary/aromatic N) is 3. The van der Waals surface area contributed by atoms with Crippen LogP contribution in [0.5, 0.6) is 0 Å². The zero-order valence-electron chi connectivity index (χ0n) is 6.20. The van der Waals surface area contributed by atoms with E-state index in [2.05, 4.69) is 13.5 Å². The summed E-state index contributed by atoms with van der Waals surface area (Å²) in [5.41, 5.74) is 0. The van der Waals surface area contributed by atoms with Crippen LogP contribution in [0, 0.1) is 0 Å². The van der Waals surface area contributed by atoms with Gasteiger partial charge in [-0.05, 0) is 13.3 Å². The second-order valence-electron chi connectivity index (χ2n) is 2.52. The van der Waals surface area contributed by atoms with Crippen LogP contribution < -0.4 is 0 Å². The van der Waals surface area contributed by atoms with Gasteiger partial charge in [0.2, 0.25) is 0 Å². The van der Waals surface area contributed by atoms with Crippen molar-refractivity contribution in [1.82, 2.24) is 0 Å². The molecule has 0 unspecified atom stereocenters. The van der Waals surface area contributed by atoms with Gasteiger partial charge in [0.25, 0.3) is 0 Å². The summed E-state index contributed by atoms with van der Waals surface area (Å²) in [6.45, 7) is 2.45. The van der Waals surface area contributed by atoms with Crippen molar-refractivity contribution in [3.05, 3.63) is 0 Å². The van der Waals surface area contributed by atoms with Crippen molar-refractivity contribution < 1.29 is 16.8 Å². The van der Waals surface area contributed by atoms with Crippen LogP contribution in [0.25, 0.3) is 0 Å². The van der Waals surface area contributed by atoms with Crippen molar-refractivity contribution in [2.24, 2.45) is 13.5 Å². The quantitative estimate of drug-likeness (QED) is 0.415. The number of rotatable bonds is 0. The summed E-state index contributed by atoms with van der Waals surface area (Å²) in [6, 6.07) is 0. The molecule has 0 saturated heterocycles. The predicted molar refractivity (Wildman–Crippen MR) is 44.3 cm³/mol. The first-order chi connectivity index (χ1) is 5.12. The highest BCUT2D eigenvalue weighted by atomic mass is 31.3. The molecule has 72 valence electrons. The van der Waals surface area contributed by atoms with Crippen molar-refractivity contribution in [2.75, 3.05) is 13.3 Å². The molecule has 0 radical (unpaired) electrons. The molecule has 10 heteroatoms. The number of halogens is 4. The third kappa shape index (κ3) is 2.72. The summed E-state index contributed by atoms with van der Waals surface area (Å²) in [4.78, 5) is 0. The Bertz CT molecular complexity index is 280. The Kier molecular flexibility index (Phi) is 2.36. The van der Waals surface area contributed by atoms with Crippen molar-refractivity contribution in [3.63, 3.8) is 0 Å². The fourth-order valence-corrected chi connectivity index (χ4v) is 7.35. The molecule has 3 nitrogen and oxygen atoms in total. The van der Waals surface area contributed by atoms with Gasteiger partial charge in [-0.15, -0.1) is 21.3 Å². The van der Waals surface area contributed by atoms with Gasteiger partial charge in [-0.3, -0.25) is 0 Å². The molecule has 0 atom stereocenters. The molecule has 0 spiro atoms. The average molecular weight is 241 g/mol. The van der Waals surface area contributed by atoms with E-state index in [1.165, 1.54) is 13.3 Å². The molecule has 1 aliphatic rings. The minimum Gasteiger partial charge on any atom is -0.185 e. The highest BCUT2D eigenvalue weighted by Gasteiger charge is 2.33. The van der Waals surface area contributed by atoms with E-state index in [0.717, 1.165) is 0 Å². The fraction of sp³-hybridized carbons (Fsp3) is 1.00. The third-order valence-electron chi connectivity index (χ3n) is 0.868. The Morgan fingerprint density at radius 2 is 1.17 bits per heavy atom. The largest absolute Gasteiger partial charge is 0.421 e. The summed E-state index contributed by atoms with van der Waals surface area (Å²) in [6.07, 6.45) is 0. The van der Waals surface area contributed by atoms with Gasteiger partial charge < -0.3 is 0 Å². The lowest BCUT2D eigenvalue weighted by molar-refractivity contribution is 0.701. The fourth-order valence-electron chi connectivity index (χ4n) is 0.710. The van der Waals surface area contributed by atoms with Crippen molar-refractivity contribution in [2.45, 2.75) is 0 Å². The molecule has 0 bridgehead atoms. The molecule has 0 saturated carbocycles. The zero-order valence-corrected chi connectivity index (χ0v) is 8.88. The molecular weight excluding hydrogens is 235 g/mol. The highest BCUT2D eigenvalue weighted by Crippen LogP contribution is 2.79. The molecule has 0 aromatic heterocycles. The Morgan fingerprint density at radius 3 is 1.50 bits per heavy atom. The molecular formula is C2H6F4N3P3. The average Bonchev–Trinajstić information content (AvgIpc) is 1.44. The van der Waals surface area contributed by atoms with E-state index in [9.17, 15) is 16.8 Å². The molecule has 0 aromatic carbocycles. The van der Waals surface area contributed by atoms with E-state index in [4.69, 9.17) is 0 Å². The van der Waals surface area contributed by atoms with Crippen LogP contribution in [-0.4, -0.2) is 13.3 Å². The number of hydrogen-bond acceptors (Lipinski definition) is 3. The smallest absolute Gasteiger partial charge is 0.185 e. The Balaban J connectivity index is 3.46. The molecule has 0 aromatic rings. The van der Waals surface area contributed by atoms with Crippen LogP contribution >= 0.6 is 22.9 Å². The highest BCUT2D eigenvalue weighted by molar-refractivity contribution is 7.80. The van der Waals surface area contributed by atoms with Crippen LogP contribution in [0.3, 0.4) is 0 Å². The van der Waals surface area contributed by atoms with E-state index in [1.54, 1.807) is 0 Å². The second kappa shape index (κ2) is 2.70. The Morgan fingerprint density at radius 1 is 0.750 bits per heavy atom. The van der Waals surface area contributed by atoms with Gasteiger partial charge in [0.1, 0.15) is 0 Å². The summed E-state index contributed by atoms with van der Waals surface area (Å²) < 4.78 is 57.9. The van der Waals surface area contributed by atoms with Gasteiger partial charge in [-0.1, -0.05) is 0 Å². The van der Waals surface area contributed by atoms with Crippen LogP contribution in [0.1, 0.15) is 0 Å². The lowest BCUT2D eigenvalue weighted by Gasteiger charge is -2.15. The summed E-state index contributed by atoms with van der Waals surface area (Å²) in [7, 11) is -13.0. The minimum atomic E-state index is -5.07. The monoisotopic (exact) mass is 241 g/mol. The normalized spacial score (nSPS) is 29.5. The second-order valence-corrected chi connectivity index (χ2v) is 9.16. The van der Waals surface area contributed by atoms with Crippen LogP contribution in [-0.2, 0) is 0 Å². The predicted octanol–water partition coefficient (Wildman–Crippen LogP) is 5.15. The first-order valence-corrected chi connectivity index (χ1v) is 8.31. The Labute approximate surface area is 67.4 Å². The SMILES string of the molecule is CP1(C)=NP(F)(F)=NP(F)(F)=N1. The third-order valence-corrected chi connectivity index (χ3v) is 7.81. The maximum absolute atomic E-state index is 12.5. The van der Waals surface area contributed by atoms with Crippen LogP contribution in [0.15, 0.2) is 13.5 Å². The van der Waals surface area contributed by atoms with E-state index in [0.29, 0.717) is 0 Å². The Hall–Kier alpha value is 0.410. The molecule has 0 fully saturated rings. The maximum Gasteiger partial charge on any atom is 0.421 e. The molecule has 0 amide bonds. The minimum absolute atomic E-state index is 1.23. The number of hydrogen-bond donors (Lipinski definition) is 0. The summed E-state index contributed by atoms with van der Waals surface area (Å²) >= 11 is 0. The van der Waals surface area contributed by atoms with Crippen molar-refractivity contribution in [1.29, 1.82) is 0 Å². The molecule has 0 aliphatic carbocycles. The first kappa shape index (κ1) is 10.5. The van der Waals surface area contributed by atoms with Crippen LogP contribution in [0.4, 0.5) is 16.8 Å². The topological polar surface area (TPSA) is 37.1 Å². The van der Waals surface area contributed by atoms with E-state index < -0.39 is 22.9 Å². The van der Waals surface area contributed by atoms with Gasteiger partial charge >= 0.3 is 15.7 Å². The standard InChI is InChI=1S/C2H6F4N3P3/c1-10(2)7-11(3,4)9-12(5,6)8-10/h1-2H3. The van der Waals surface area contributed by atoms with Gasteiger partial charge in [0, 0.05) is 0 Å². The molecule has 1 aliphatic heterocycles.